The summed E-state index contributed by atoms with van der Waals surface area (Å²) in [6.45, 7) is 1.57. The fraction of sp³-hybridized carbons (Fsp3) is 0.250. The third-order valence-electron chi connectivity index (χ3n) is 2.32. The normalized spacial score (nSPS) is 10.5. The Morgan fingerprint density at radius 1 is 1.53 bits per heavy atom. The molecule has 19 heavy (non-hydrogen) atoms. The molecule has 2 aromatic heterocycles. The standard InChI is InChI=1S/C12H12FN3O2S/c1-7(18)9-2-3-10(19-9)12-15-6-8(13)11(16-12)14-4-5-17/h2-3,6,17H,4-5H2,1H3,(H,14,15,16). The summed E-state index contributed by atoms with van der Waals surface area (Å²) in [5, 5.41) is 11.4. The Morgan fingerprint density at radius 3 is 2.95 bits per heavy atom. The van der Waals surface area contributed by atoms with Gasteiger partial charge in [0.1, 0.15) is 0 Å². The Kier molecular flexibility index (Phi) is 4.18. The summed E-state index contributed by atoms with van der Waals surface area (Å²) in [5.41, 5.74) is 0. The number of halogens is 1. The average Bonchev–Trinajstić information content (AvgIpc) is 2.87. The Balaban J connectivity index is 2.31. The molecule has 0 bridgehead atoms. The average molecular weight is 281 g/mol. The van der Waals surface area contributed by atoms with E-state index >= 15 is 0 Å². The molecule has 100 valence electrons. The molecule has 0 saturated heterocycles. The Morgan fingerprint density at radius 2 is 2.32 bits per heavy atom. The maximum atomic E-state index is 13.4. The van der Waals surface area contributed by atoms with Crippen molar-refractivity contribution in [2.45, 2.75) is 6.92 Å². The van der Waals surface area contributed by atoms with Crippen LogP contribution < -0.4 is 5.32 Å². The highest BCUT2D eigenvalue weighted by Crippen LogP contribution is 2.26. The first kappa shape index (κ1) is 13.6. The van der Waals surface area contributed by atoms with Crippen LogP contribution in [0.3, 0.4) is 0 Å². The largest absolute Gasteiger partial charge is 0.395 e. The summed E-state index contributed by atoms with van der Waals surface area (Å²) in [7, 11) is 0. The lowest BCUT2D eigenvalue weighted by atomic mass is 10.3. The lowest BCUT2D eigenvalue weighted by molar-refractivity contribution is 0.102. The summed E-state index contributed by atoms with van der Waals surface area (Å²) < 4.78 is 13.4. The number of thiophene rings is 1. The van der Waals surface area contributed by atoms with Crippen LogP contribution in [0.1, 0.15) is 16.6 Å². The Bertz CT molecular complexity index is 600. The summed E-state index contributed by atoms with van der Waals surface area (Å²) in [5.74, 6) is -0.228. The molecule has 0 radical (unpaired) electrons. The SMILES string of the molecule is CC(=O)c1ccc(-c2ncc(F)c(NCCO)n2)s1. The second kappa shape index (κ2) is 5.85. The summed E-state index contributed by atoms with van der Waals surface area (Å²) in [6.07, 6.45) is 1.06. The molecule has 0 unspecified atom stereocenters. The van der Waals surface area contributed by atoms with Crippen molar-refractivity contribution in [3.8, 4) is 10.7 Å². The summed E-state index contributed by atoms with van der Waals surface area (Å²) in [4.78, 5) is 20.5. The predicted molar refractivity (Wildman–Crippen MR) is 70.9 cm³/mol. The van der Waals surface area contributed by atoms with Crippen molar-refractivity contribution < 1.29 is 14.3 Å². The zero-order valence-electron chi connectivity index (χ0n) is 10.2. The number of rotatable bonds is 5. The lowest BCUT2D eigenvalue weighted by Crippen LogP contribution is -2.09. The maximum Gasteiger partial charge on any atom is 0.183 e. The predicted octanol–water partition coefficient (Wildman–Crippen LogP) is 1.95. The van der Waals surface area contributed by atoms with Gasteiger partial charge in [-0.15, -0.1) is 11.3 Å². The van der Waals surface area contributed by atoms with Crippen LogP contribution in [0.4, 0.5) is 10.2 Å². The molecule has 0 amide bonds. The lowest BCUT2D eigenvalue weighted by Gasteiger charge is -2.05. The number of nitrogens with zero attached hydrogens (tertiary/aromatic N) is 2. The van der Waals surface area contributed by atoms with E-state index in [0.29, 0.717) is 15.6 Å². The second-order valence-electron chi connectivity index (χ2n) is 3.76. The zero-order valence-corrected chi connectivity index (χ0v) is 11.0. The van der Waals surface area contributed by atoms with Crippen molar-refractivity contribution in [3.05, 3.63) is 29.0 Å². The molecule has 0 fully saturated rings. The van der Waals surface area contributed by atoms with E-state index in [9.17, 15) is 9.18 Å². The third kappa shape index (κ3) is 3.12. The number of hydrogen-bond acceptors (Lipinski definition) is 6. The van der Waals surface area contributed by atoms with Crippen LogP contribution in [-0.4, -0.2) is 34.0 Å². The van der Waals surface area contributed by atoms with Gasteiger partial charge in [0.15, 0.2) is 23.2 Å². The van der Waals surface area contributed by atoms with Crippen molar-refractivity contribution in [3.63, 3.8) is 0 Å². The highest BCUT2D eigenvalue weighted by molar-refractivity contribution is 7.17. The summed E-state index contributed by atoms with van der Waals surface area (Å²) in [6, 6.07) is 3.42. The van der Waals surface area contributed by atoms with Crippen molar-refractivity contribution in [2.24, 2.45) is 0 Å². The first-order chi connectivity index (χ1) is 9.11. The van der Waals surface area contributed by atoms with Crippen LogP contribution in [0, 0.1) is 5.82 Å². The van der Waals surface area contributed by atoms with Crippen LogP contribution in [0.5, 0.6) is 0 Å². The molecular weight excluding hydrogens is 269 g/mol. The molecule has 0 aliphatic carbocycles. The fourth-order valence-corrected chi connectivity index (χ4v) is 2.27. The van der Waals surface area contributed by atoms with E-state index in [1.54, 1.807) is 12.1 Å². The molecule has 0 saturated carbocycles. The van der Waals surface area contributed by atoms with Crippen LogP contribution >= 0.6 is 11.3 Å². The number of aliphatic hydroxyl groups is 1. The molecule has 0 aliphatic rings. The maximum absolute atomic E-state index is 13.4. The number of anilines is 1. The molecular formula is C12H12FN3O2S. The van der Waals surface area contributed by atoms with Crippen LogP contribution in [0.25, 0.3) is 10.7 Å². The Labute approximate surface area is 113 Å². The van der Waals surface area contributed by atoms with E-state index in [4.69, 9.17) is 5.11 Å². The monoisotopic (exact) mass is 281 g/mol. The van der Waals surface area contributed by atoms with Gasteiger partial charge in [0, 0.05) is 6.54 Å². The van der Waals surface area contributed by atoms with Crippen LogP contribution in [0.2, 0.25) is 0 Å². The molecule has 7 heteroatoms. The van der Waals surface area contributed by atoms with E-state index in [1.165, 1.54) is 18.3 Å². The van der Waals surface area contributed by atoms with Gasteiger partial charge in [-0.05, 0) is 19.1 Å². The number of aliphatic hydroxyl groups excluding tert-OH is 1. The fourth-order valence-electron chi connectivity index (χ4n) is 1.43. The van der Waals surface area contributed by atoms with E-state index in [1.807, 2.05) is 0 Å². The van der Waals surface area contributed by atoms with Crippen molar-refractivity contribution in [1.29, 1.82) is 0 Å². The molecule has 5 nitrogen and oxygen atoms in total. The first-order valence-electron chi connectivity index (χ1n) is 5.60. The van der Waals surface area contributed by atoms with Gasteiger partial charge in [0.25, 0.3) is 0 Å². The number of carbonyl (C=O) groups is 1. The number of ketones is 1. The van der Waals surface area contributed by atoms with Gasteiger partial charge in [0.2, 0.25) is 0 Å². The van der Waals surface area contributed by atoms with E-state index in [-0.39, 0.29) is 24.8 Å². The molecule has 0 atom stereocenters. The molecule has 2 aromatic rings. The highest BCUT2D eigenvalue weighted by Gasteiger charge is 2.11. The topological polar surface area (TPSA) is 75.1 Å². The van der Waals surface area contributed by atoms with Gasteiger partial charge >= 0.3 is 0 Å². The minimum absolute atomic E-state index is 0.0306. The molecule has 0 aromatic carbocycles. The van der Waals surface area contributed by atoms with Gasteiger partial charge in [-0.1, -0.05) is 0 Å². The van der Waals surface area contributed by atoms with Crippen LogP contribution in [0.15, 0.2) is 18.3 Å². The number of hydrogen-bond donors (Lipinski definition) is 2. The quantitative estimate of drug-likeness (QED) is 0.819. The van der Waals surface area contributed by atoms with Gasteiger partial charge in [-0.3, -0.25) is 4.79 Å². The molecule has 2 heterocycles. The van der Waals surface area contributed by atoms with Crippen LogP contribution in [-0.2, 0) is 0 Å². The minimum Gasteiger partial charge on any atom is -0.395 e. The highest BCUT2D eigenvalue weighted by atomic mass is 32.1. The van der Waals surface area contributed by atoms with Gasteiger partial charge < -0.3 is 10.4 Å². The zero-order chi connectivity index (χ0) is 13.8. The number of Topliss-reactive ketones (excluding diaryl/α,β-unsaturated/α-hetero) is 1. The van der Waals surface area contributed by atoms with Crippen molar-refractivity contribution in [1.82, 2.24) is 9.97 Å². The summed E-state index contributed by atoms with van der Waals surface area (Å²) >= 11 is 1.26. The second-order valence-corrected chi connectivity index (χ2v) is 4.84. The number of aromatic nitrogens is 2. The smallest absolute Gasteiger partial charge is 0.183 e. The van der Waals surface area contributed by atoms with Gasteiger partial charge in [-0.2, -0.15) is 0 Å². The number of nitrogens with one attached hydrogen (secondary N) is 1. The van der Waals surface area contributed by atoms with E-state index in [0.717, 1.165) is 6.20 Å². The number of carbonyl (C=O) groups excluding carboxylic acids is 1. The first-order valence-corrected chi connectivity index (χ1v) is 6.42. The van der Waals surface area contributed by atoms with Gasteiger partial charge in [-0.25, -0.2) is 14.4 Å². The third-order valence-corrected chi connectivity index (χ3v) is 3.50. The minimum atomic E-state index is -0.583. The Hall–Kier alpha value is -1.86. The van der Waals surface area contributed by atoms with E-state index in [2.05, 4.69) is 15.3 Å². The van der Waals surface area contributed by atoms with Gasteiger partial charge in [0.05, 0.1) is 22.6 Å². The molecule has 0 spiro atoms. The molecule has 0 aliphatic heterocycles. The van der Waals surface area contributed by atoms with E-state index < -0.39 is 5.82 Å². The van der Waals surface area contributed by atoms with Crippen molar-refractivity contribution in [2.75, 3.05) is 18.5 Å². The van der Waals surface area contributed by atoms with Crippen molar-refractivity contribution >= 4 is 22.9 Å². The molecule has 2 rings (SSSR count). The molecule has 2 N–H and O–H groups in total.